The van der Waals surface area contributed by atoms with E-state index in [2.05, 4.69) is 19.1 Å². The fourth-order valence-electron chi connectivity index (χ4n) is 4.62. The molecule has 1 aromatic rings. The van der Waals surface area contributed by atoms with Crippen LogP contribution >= 0.6 is 0 Å². The number of carbonyl (C=O) groups excluding carboxylic acids is 2. The van der Waals surface area contributed by atoms with Crippen LogP contribution in [0.15, 0.2) is 35.9 Å². The first-order valence-electron chi connectivity index (χ1n) is 9.76. The van der Waals surface area contributed by atoms with Crippen LogP contribution in [-0.4, -0.2) is 52.6 Å². The minimum atomic E-state index is -0.562. The van der Waals surface area contributed by atoms with Crippen molar-refractivity contribution in [3.63, 3.8) is 0 Å². The van der Waals surface area contributed by atoms with E-state index in [1.807, 2.05) is 23.1 Å². The van der Waals surface area contributed by atoms with Crippen LogP contribution in [0.2, 0.25) is 0 Å². The zero-order valence-electron chi connectivity index (χ0n) is 15.8. The molecule has 0 radical (unpaired) electrons. The van der Waals surface area contributed by atoms with Gasteiger partial charge in [0.2, 0.25) is 5.91 Å². The lowest BCUT2D eigenvalue weighted by molar-refractivity contribution is -0.137. The van der Waals surface area contributed by atoms with E-state index in [1.54, 1.807) is 10.4 Å². The molecule has 6 nitrogen and oxygen atoms in total. The van der Waals surface area contributed by atoms with Gasteiger partial charge < -0.3 is 9.80 Å². The average Bonchev–Trinajstić information content (AvgIpc) is 3.46. The molecule has 2 N–H and O–H groups in total. The first kappa shape index (κ1) is 18.0. The number of hydroxylamine groups is 1. The average molecular weight is 369 g/mol. The lowest BCUT2D eigenvalue weighted by Gasteiger charge is -2.41. The summed E-state index contributed by atoms with van der Waals surface area (Å²) in [7, 11) is 0. The summed E-state index contributed by atoms with van der Waals surface area (Å²) in [5.74, 6) is 0.000520. The predicted molar refractivity (Wildman–Crippen MR) is 102 cm³/mol. The maximum absolute atomic E-state index is 13.2. The molecule has 0 aromatic heterocycles. The Bertz CT molecular complexity index is 770. The molecule has 2 heterocycles. The maximum atomic E-state index is 13.2. The smallest absolute Gasteiger partial charge is 0.337 e. The lowest BCUT2D eigenvalue weighted by Crippen LogP contribution is -2.58. The van der Waals surface area contributed by atoms with Crippen LogP contribution < -0.4 is 5.48 Å². The maximum Gasteiger partial charge on any atom is 0.341 e. The Balaban J connectivity index is 1.49. The minimum Gasteiger partial charge on any atom is -0.337 e. The monoisotopic (exact) mass is 369 g/mol. The number of benzene rings is 1. The number of hydrogen-bond acceptors (Lipinski definition) is 3. The Hall–Kier alpha value is -2.34. The van der Waals surface area contributed by atoms with Crippen molar-refractivity contribution in [2.45, 2.75) is 45.1 Å². The van der Waals surface area contributed by atoms with Gasteiger partial charge >= 0.3 is 6.03 Å². The molecule has 2 aliphatic heterocycles. The van der Waals surface area contributed by atoms with Crippen molar-refractivity contribution in [1.82, 2.24) is 15.3 Å². The van der Waals surface area contributed by atoms with Gasteiger partial charge in [-0.1, -0.05) is 35.9 Å². The Morgan fingerprint density at radius 1 is 1.19 bits per heavy atom. The molecule has 27 heavy (non-hydrogen) atoms. The number of hydrogen-bond donors (Lipinski definition) is 2. The van der Waals surface area contributed by atoms with Gasteiger partial charge in [0.15, 0.2) is 0 Å². The number of nitrogens with zero attached hydrogens (tertiary/aromatic N) is 2. The second-order valence-corrected chi connectivity index (χ2v) is 8.23. The fraction of sp³-hybridized carbons (Fsp3) is 0.524. The minimum absolute atomic E-state index is 0.000520. The number of likely N-dealkylation sites (tertiary alicyclic amines) is 1. The summed E-state index contributed by atoms with van der Waals surface area (Å²) in [5.41, 5.74) is 5.65. The molecule has 1 spiro atoms. The standard InChI is InChI=1S/C21H27N3O3/c1-15-13-23(12-8-17(15)16-5-3-2-4-6-16)19(25)18-7-9-21(10-11-21)14-24(18)20(26)22-27/h2-6,18,27H,7-14H2,1H3,(H,22,26). The molecule has 1 aromatic carbocycles. The first-order chi connectivity index (χ1) is 13.0. The van der Waals surface area contributed by atoms with E-state index in [0.717, 1.165) is 25.7 Å². The van der Waals surface area contributed by atoms with Crippen LogP contribution in [0.3, 0.4) is 0 Å². The van der Waals surface area contributed by atoms with E-state index in [1.165, 1.54) is 16.7 Å². The highest BCUT2D eigenvalue weighted by molar-refractivity contribution is 5.88. The molecule has 4 rings (SSSR count). The summed E-state index contributed by atoms with van der Waals surface area (Å²) < 4.78 is 0. The molecule has 1 aliphatic carbocycles. The van der Waals surface area contributed by atoms with Crippen LogP contribution in [0.4, 0.5) is 4.79 Å². The molecule has 1 saturated heterocycles. The van der Waals surface area contributed by atoms with Gasteiger partial charge in [0.1, 0.15) is 6.04 Å². The SMILES string of the molecule is CC1=C(c2ccccc2)CCN(C(=O)C2CCC3(CC3)CN2C(=O)NO)C1. The lowest BCUT2D eigenvalue weighted by atomic mass is 9.88. The molecule has 1 unspecified atom stereocenters. The molecule has 1 saturated carbocycles. The van der Waals surface area contributed by atoms with Gasteiger partial charge in [-0.25, -0.2) is 10.3 Å². The zero-order chi connectivity index (χ0) is 19.0. The largest absolute Gasteiger partial charge is 0.341 e. The van der Waals surface area contributed by atoms with E-state index >= 15 is 0 Å². The van der Waals surface area contributed by atoms with Gasteiger partial charge in [-0.3, -0.25) is 10.0 Å². The Morgan fingerprint density at radius 3 is 2.56 bits per heavy atom. The van der Waals surface area contributed by atoms with E-state index in [9.17, 15) is 9.59 Å². The number of amides is 3. The Labute approximate surface area is 159 Å². The van der Waals surface area contributed by atoms with Gasteiger partial charge in [0, 0.05) is 19.6 Å². The highest BCUT2D eigenvalue weighted by atomic mass is 16.5. The third-order valence-electron chi connectivity index (χ3n) is 6.44. The summed E-state index contributed by atoms with van der Waals surface area (Å²) in [6.07, 6.45) is 4.70. The third-order valence-corrected chi connectivity index (χ3v) is 6.44. The second-order valence-electron chi connectivity index (χ2n) is 8.23. The summed E-state index contributed by atoms with van der Waals surface area (Å²) in [5, 5.41) is 9.12. The molecule has 3 aliphatic rings. The fourth-order valence-corrected chi connectivity index (χ4v) is 4.62. The van der Waals surface area contributed by atoms with E-state index in [4.69, 9.17) is 5.21 Å². The summed E-state index contributed by atoms with van der Waals surface area (Å²) in [4.78, 5) is 28.8. The number of carbonyl (C=O) groups is 2. The normalized spacial score (nSPS) is 24.1. The van der Waals surface area contributed by atoms with Crippen molar-refractivity contribution in [1.29, 1.82) is 0 Å². The number of nitrogens with one attached hydrogen (secondary N) is 1. The molecule has 3 amide bonds. The molecule has 144 valence electrons. The van der Waals surface area contributed by atoms with Crippen molar-refractivity contribution in [3.05, 3.63) is 41.5 Å². The quantitative estimate of drug-likeness (QED) is 0.622. The molecular formula is C21H27N3O3. The summed E-state index contributed by atoms with van der Waals surface area (Å²) in [6, 6.07) is 9.26. The highest BCUT2D eigenvalue weighted by Crippen LogP contribution is 2.53. The van der Waals surface area contributed by atoms with Crippen molar-refractivity contribution in [2.24, 2.45) is 5.41 Å². The Kier molecular flexibility index (Phi) is 4.68. The highest BCUT2D eigenvalue weighted by Gasteiger charge is 2.51. The zero-order valence-corrected chi connectivity index (χ0v) is 15.8. The summed E-state index contributed by atoms with van der Waals surface area (Å²) in [6.45, 7) is 3.91. The van der Waals surface area contributed by atoms with Gasteiger partial charge in [-0.15, -0.1) is 0 Å². The van der Waals surface area contributed by atoms with Gasteiger partial charge in [0.25, 0.3) is 0 Å². The number of piperidine rings is 1. The van der Waals surface area contributed by atoms with Gasteiger partial charge in [0.05, 0.1) is 0 Å². The summed E-state index contributed by atoms with van der Waals surface area (Å²) >= 11 is 0. The second kappa shape index (κ2) is 7.00. The third kappa shape index (κ3) is 3.46. The van der Waals surface area contributed by atoms with Crippen LogP contribution in [0.5, 0.6) is 0 Å². The molecule has 1 atom stereocenters. The van der Waals surface area contributed by atoms with Crippen molar-refractivity contribution < 1.29 is 14.8 Å². The van der Waals surface area contributed by atoms with Crippen molar-refractivity contribution in [2.75, 3.05) is 19.6 Å². The van der Waals surface area contributed by atoms with E-state index in [0.29, 0.717) is 26.1 Å². The molecule has 6 heteroatoms. The predicted octanol–water partition coefficient (Wildman–Crippen LogP) is 3.04. The Morgan fingerprint density at radius 2 is 1.93 bits per heavy atom. The topological polar surface area (TPSA) is 72.9 Å². The number of rotatable bonds is 2. The van der Waals surface area contributed by atoms with Gasteiger partial charge in [-0.05, 0) is 55.6 Å². The van der Waals surface area contributed by atoms with Crippen LogP contribution in [0.25, 0.3) is 5.57 Å². The van der Waals surface area contributed by atoms with Gasteiger partial charge in [-0.2, -0.15) is 0 Å². The number of urea groups is 1. The van der Waals surface area contributed by atoms with E-state index < -0.39 is 12.1 Å². The molecule has 0 bridgehead atoms. The van der Waals surface area contributed by atoms with Crippen molar-refractivity contribution in [3.8, 4) is 0 Å². The van der Waals surface area contributed by atoms with Crippen LogP contribution in [0.1, 0.15) is 44.6 Å². The molecular weight excluding hydrogens is 342 g/mol. The molecule has 2 fully saturated rings. The van der Waals surface area contributed by atoms with Crippen molar-refractivity contribution >= 4 is 17.5 Å². The van der Waals surface area contributed by atoms with E-state index in [-0.39, 0.29) is 11.3 Å². The van der Waals surface area contributed by atoms with Crippen LogP contribution in [-0.2, 0) is 4.79 Å². The first-order valence-corrected chi connectivity index (χ1v) is 9.76. The van der Waals surface area contributed by atoms with Crippen LogP contribution in [0, 0.1) is 5.41 Å².